The average Bonchev–Trinajstić information content (AvgIpc) is 2.74. The third kappa shape index (κ3) is 2.20. The average molecular weight is 387 g/mol. The van der Waals surface area contributed by atoms with Gasteiger partial charge < -0.3 is 5.73 Å². The third-order valence-electron chi connectivity index (χ3n) is 2.60. The topological polar surface area (TPSA) is 38.9 Å². The van der Waals surface area contributed by atoms with E-state index in [-0.39, 0.29) is 0 Å². The molecule has 0 saturated heterocycles. The molecule has 18 heavy (non-hydrogen) atoms. The number of thiazole rings is 1. The number of rotatable bonds is 1. The van der Waals surface area contributed by atoms with Crippen molar-refractivity contribution in [1.82, 2.24) is 4.98 Å². The second kappa shape index (κ2) is 4.68. The number of hydrogen-bond donors (Lipinski definition) is 1. The molecule has 0 spiro atoms. The lowest BCUT2D eigenvalue weighted by molar-refractivity contribution is 1.47. The number of nitrogen functional groups attached to an aromatic ring is 1. The van der Waals surface area contributed by atoms with Crippen molar-refractivity contribution >= 4 is 61.4 Å². The Morgan fingerprint density at radius 2 is 2.00 bits per heavy atom. The van der Waals surface area contributed by atoms with Gasteiger partial charge in [-0.1, -0.05) is 11.6 Å². The van der Waals surface area contributed by atoms with Crippen molar-refractivity contribution in [2.45, 2.75) is 0 Å². The lowest BCUT2D eigenvalue weighted by atomic mass is 10.2. The van der Waals surface area contributed by atoms with E-state index in [1.165, 1.54) is 0 Å². The van der Waals surface area contributed by atoms with E-state index >= 15 is 0 Å². The molecule has 0 fully saturated rings. The first-order valence-corrected chi connectivity index (χ1v) is 7.52. The molecule has 2 nitrogen and oxygen atoms in total. The summed E-state index contributed by atoms with van der Waals surface area (Å²) in [6.45, 7) is 0. The van der Waals surface area contributed by atoms with Crippen molar-refractivity contribution in [3.8, 4) is 10.6 Å². The second-order valence-corrected chi connectivity index (χ2v) is 6.58. The molecule has 1 aromatic heterocycles. The Labute approximate surface area is 127 Å². The van der Waals surface area contributed by atoms with E-state index in [0.29, 0.717) is 0 Å². The van der Waals surface area contributed by atoms with E-state index in [0.717, 1.165) is 35.1 Å². The summed E-state index contributed by atoms with van der Waals surface area (Å²) >= 11 is 9.86. The summed E-state index contributed by atoms with van der Waals surface area (Å²) in [7, 11) is 0. The molecule has 1 heterocycles. The predicted octanol–water partition coefficient (Wildman–Crippen LogP) is 4.80. The summed E-state index contributed by atoms with van der Waals surface area (Å²) in [5.41, 5.74) is 8.70. The van der Waals surface area contributed by atoms with Crippen LogP contribution in [0.15, 0.2) is 36.4 Å². The normalized spacial score (nSPS) is 11.0. The fourth-order valence-corrected chi connectivity index (χ4v) is 3.50. The van der Waals surface area contributed by atoms with Gasteiger partial charge in [-0.2, -0.15) is 0 Å². The standard InChI is InChI=1S/C13H8ClIN2S/c14-7-1-4-11-12(5-7)18-13(17-11)9-6-8(15)2-3-10(9)16/h1-6H,16H2. The largest absolute Gasteiger partial charge is 0.398 e. The van der Waals surface area contributed by atoms with Crippen molar-refractivity contribution in [2.24, 2.45) is 0 Å². The van der Waals surface area contributed by atoms with Crippen molar-refractivity contribution in [3.05, 3.63) is 45.0 Å². The fourth-order valence-electron chi connectivity index (χ4n) is 1.73. The number of halogens is 2. The van der Waals surface area contributed by atoms with E-state index in [1.807, 2.05) is 30.3 Å². The highest BCUT2D eigenvalue weighted by Crippen LogP contribution is 2.35. The Morgan fingerprint density at radius 1 is 1.17 bits per heavy atom. The number of aromatic nitrogens is 1. The Bertz CT molecular complexity index is 739. The molecule has 0 atom stereocenters. The number of anilines is 1. The van der Waals surface area contributed by atoms with Gasteiger partial charge in [0.2, 0.25) is 0 Å². The van der Waals surface area contributed by atoms with Crippen molar-refractivity contribution in [1.29, 1.82) is 0 Å². The van der Waals surface area contributed by atoms with Gasteiger partial charge in [0, 0.05) is 19.8 Å². The molecule has 90 valence electrons. The number of benzene rings is 2. The SMILES string of the molecule is Nc1ccc(I)cc1-c1nc2ccc(Cl)cc2s1. The summed E-state index contributed by atoms with van der Waals surface area (Å²) in [6.07, 6.45) is 0. The van der Waals surface area contributed by atoms with Crippen LogP contribution in [-0.2, 0) is 0 Å². The molecular formula is C13H8ClIN2S. The predicted molar refractivity (Wildman–Crippen MR) is 87.2 cm³/mol. The molecule has 2 aromatic carbocycles. The van der Waals surface area contributed by atoms with Gasteiger partial charge in [0.25, 0.3) is 0 Å². The van der Waals surface area contributed by atoms with Crippen molar-refractivity contribution in [3.63, 3.8) is 0 Å². The summed E-state index contributed by atoms with van der Waals surface area (Å²) in [6, 6.07) is 11.7. The van der Waals surface area contributed by atoms with Gasteiger partial charge in [0.15, 0.2) is 0 Å². The van der Waals surface area contributed by atoms with Crippen LogP contribution in [0.1, 0.15) is 0 Å². The van der Waals surface area contributed by atoms with Crippen LogP contribution in [0.3, 0.4) is 0 Å². The maximum absolute atomic E-state index is 6.01. The zero-order valence-corrected chi connectivity index (χ0v) is 12.9. The molecule has 0 bridgehead atoms. The summed E-state index contributed by atoms with van der Waals surface area (Å²) < 4.78 is 2.23. The van der Waals surface area contributed by atoms with Crippen LogP contribution in [0.2, 0.25) is 5.02 Å². The van der Waals surface area contributed by atoms with Crippen LogP contribution in [0, 0.1) is 3.57 Å². The van der Waals surface area contributed by atoms with Gasteiger partial charge >= 0.3 is 0 Å². The second-order valence-electron chi connectivity index (χ2n) is 3.86. The zero-order chi connectivity index (χ0) is 12.7. The maximum Gasteiger partial charge on any atom is 0.126 e. The van der Waals surface area contributed by atoms with Crippen LogP contribution in [0.4, 0.5) is 5.69 Å². The highest BCUT2D eigenvalue weighted by molar-refractivity contribution is 14.1. The molecule has 0 saturated carbocycles. The highest BCUT2D eigenvalue weighted by Gasteiger charge is 2.10. The smallest absolute Gasteiger partial charge is 0.126 e. The van der Waals surface area contributed by atoms with Crippen LogP contribution in [-0.4, -0.2) is 4.98 Å². The van der Waals surface area contributed by atoms with Crippen LogP contribution < -0.4 is 5.73 Å². The Balaban J connectivity index is 2.22. The van der Waals surface area contributed by atoms with E-state index in [4.69, 9.17) is 17.3 Å². The van der Waals surface area contributed by atoms with Crippen molar-refractivity contribution < 1.29 is 0 Å². The molecule has 0 aliphatic heterocycles. The first-order chi connectivity index (χ1) is 8.63. The summed E-state index contributed by atoms with van der Waals surface area (Å²) in [4.78, 5) is 4.60. The Morgan fingerprint density at radius 3 is 2.83 bits per heavy atom. The first-order valence-electron chi connectivity index (χ1n) is 5.25. The van der Waals surface area contributed by atoms with Gasteiger partial charge in [-0.25, -0.2) is 4.98 Å². The van der Waals surface area contributed by atoms with Gasteiger partial charge in [-0.05, 0) is 59.0 Å². The molecule has 3 aromatic rings. The summed E-state index contributed by atoms with van der Waals surface area (Å²) in [5, 5.41) is 1.66. The van der Waals surface area contributed by atoms with E-state index < -0.39 is 0 Å². The van der Waals surface area contributed by atoms with E-state index in [9.17, 15) is 0 Å². The minimum absolute atomic E-state index is 0.730. The molecule has 0 aliphatic rings. The van der Waals surface area contributed by atoms with Crippen LogP contribution in [0.25, 0.3) is 20.8 Å². The zero-order valence-electron chi connectivity index (χ0n) is 9.15. The van der Waals surface area contributed by atoms with Crippen molar-refractivity contribution in [2.75, 3.05) is 5.73 Å². The third-order valence-corrected chi connectivity index (χ3v) is 4.55. The fraction of sp³-hybridized carbons (Fsp3) is 0. The number of fused-ring (bicyclic) bond motifs is 1. The molecule has 0 unspecified atom stereocenters. The van der Waals surface area contributed by atoms with Gasteiger partial charge in [-0.15, -0.1) is 11.3 Å². The number of nitrogens with two attached hydrogens (primary N) is 1. The van der Waals surface area contributed by atoms with Gasteiger partial charge in [-0.3, -0.25) is 0 Å². The van der Waals surface area contributed by atoms with E-state index in [2.05, 4.69) is 33.6 Å². The maximum atomic E-state index is 6.01. The molecular weight excluding hydrogens is 379 g/mol. The van der Waals surface area contributed by atoms with Gasteiger partial charge in [0.05, 0.1) is 10.2 Å². The molecule has 0 aliphatic carbocycles. The number of nitrogens with zero attached hydrogens (tertiary/aromatic N) is 1. The highest BCUT2D eigenvalue weighted by atomic mass is 127. The summed E-state index contributed by atoms with van der Waals surface area (Å²) in [5.74, 6) is 0. The Kier molecular flexibility index (Phi) is 3.17. The monoisotopic (exact) mass is 386 g/mol. The molecule has 2 N–H and O–H groups in total. The lowest BCUT2D eigenvalue weighted by Gasteiger charge is -2.01. The lowest BCUT2D eigenvalue weighted by Crippen LogP contribution is -1.89. The molecule has 0 radical (unpaired) electrons. The molecule has 0 amide bonds. The van der Waals surface area contributed by atoms with E-state index in [1.54, 1.807) is 11.3 Å². The Hall–Kier alpha value is -0.850. The van der Waals surface area contributed by atoms with Crippen LogP contribution >= 0.6 is 45.5 Å². The minimum atomic E-state index is 0.730. The number of hydrogen-bond acceptors (Lipinski definition) is 3. The van der Waals surface area contributed by atoms with Crippen LogP contribution in [0.5, 0.6) is 0 Å². The quantitative estimate of drug-likeness (QED) is 0.482. The molecule has 3 rings (SSSR count). The van der Waals surface area contributed by atoms with Gasteiger partial charge in [0.1, 0.15) is 5.01 Å². The molecule has 5 heteroatoms. The minimum Gasteiger partial charge on any atom is -0.398 e. The first kappa shape index (κ1) is 12.2.